The topological polar surface area (TPSA) is 78.4 Å². The maximum Gasteiger partial charge on any atom is 0.224 e. The van der Waals surface area contributed by atoms with Crippen molar-refractivity contribution in [2.75, 3.05) is 86.0 Å². The zero-order valence-electron chi connectivity index (χ0n) is 19.0. The zero-order chi connectivity index (χ0) is 22.0. The molecule has 0 spiro atoms. The van der Waals surface area contributed by atoms with E-state index < -0.39 is 0 Å². The van der Waals surface area contributed by atoms with Gasteiger partial charge in [0.2, 0.25) is 5.88 Å². The number of nitrogens with zero attached hydrogens (tertiary/aromatic N) is 4. The summed E-state index contributed by atoms with van der Waals surface area (Å²) in [4.78, 5) is 13.6. The van der Waals surface area contributed by atoms with Gasteiger partial charge < -0.3 is 23.7 Å². The summed E-state index contributed by atoms with van der Waals surface area (Å²) in [5.74, 6) is 1.94. The molecule has 2 aliphatic heterocycles. The van der Waals surface area contributed by atoms with E-state index in [0.717, 1.165) is 89.4 Å². The highest BCUT2D eigenvalue weighted by Crippen LogP contribution is 2.34. The number of hydrogen-bond donors (Lipinski definition) is 0. The highest BCUT2D eigenvalue weighted by Gasteiger charge is 2.14. The molecule has 0 saturated carbocycles. The van der Waals surface area contributed by atoms with E-state index in [9.17, 15) is 0 Å². The summed E-state index contributed by atoms with van der Waals surface area (Å²) in [7, 11) is 1.64. The molecule has 2 aromatic rings. The highest BCUT2D eigenvalue weighted by molar-refractivity contribution is 5.86. The second kappa shape index (κ2) is 12.2. The van der Waals surface area contributed by atoms with Gasteiger partial charge in [0.25, 0.3) is 0 Å². The van der Waals surface area contributed by atoms with E-state index in [4.69, 9.17) is 23.7 Å². The lowest BCUT2D eigenvalue weighted by Gasteiger charge is -2.26. The van der Waals surface area contributed by atoms with Crippen LogP contribution in [0.1, 0.15) is 12.8 Å². The number of aromatic nitrogens is 2. The van der Waals surface area contributed by atoms with E-state index in [1.807, 2.05) is 12.1 Å². The SMILES string of the molecule is COc1cc2ncnc(OCCCN3CCOCC3)c2cc1OCCCN1CCOCC1. The van der Waals surface area contributed by atoms with Crippen molar-refractivity contribution in [3.63, 3.8) is 0 Å². The van der Waals surface area contributed by atoms with Gasteiger partial charge in [0.1, 0.15) is 6.33 Å². The standard InChI is InChI=1S/C23H34N4O5/c1-28-21-17-20-19(16-22(21)31-10-2-4-26-6-12-29-13-7-26)23(25-18-24-20)32-11-3-5-27-8-14-30-15-9-27/h16-18H,2-15H2,1H3. The fourth-order valence-corrected chi connectivity index (χ4v) is 4.00. The second-order valence-corrected chi connectivity index (χ2v) is 8.01. The number of methoxy groups -OCH3 is 1. The molecule has 1 aromatic carbocycles. The summed E-state index contributed by atoms with van der Waals surface area (Å²) in [6.07, 6.45) is 3.41. The summed E-state index contributed by atoms with van der Waals surface area (Å²) in [6, 6.07) is 3.81. The molecular weight excluding hydrogens is 412 g/mol. The predicted octanol–water partition coefficient (Wildman–Crippen LogP) is 1.84. The van der Waals surface area contributed by atoms with Crippen LogP contribution in [0.5, 0.6) is 17.4 Å². The van der Waals surface area contributed by atoms with Crippen molar-refractivity contribution < 1.29 is 23.7 Å². The fourth-order valence-electron chi connectivity index (χ4n) is 4.00. The minimum absolute atomic E-state index is 0.581. The third kappa shape index (κ3) is 6.41. The quantitative estimate of drug-likeness (QED) is 0.481. The van der Waals surface area contributed by atoms with E-state index in [2.05, 4.69) is 19.8 Å². The van der Waals surface area contributed by atoms with Crippen molar-refractivity contribution in [3.05, 3.63) is 18.5 Å². The smallest absolute Gasteiger partial charge is 0.224 e. The minimum atomic E-state index is 0.581. The van der Waals surface area contributed by atoms with Crippen molar-refractivity contribution in [3.8, 4) is 17.4 Å². The number of ether oxygens (including phenoxy) is 5. The molecule has 1 aromatic heterocycles. The summed E-state index contributed by atoms with van der Waals surface area (Å²) < 4.78 is 28.4. The third-order valence-corrected chi connectivity index (χ3v) is 5.83. The van der Waals surface area contributed by atoms with Gasteiger partial charge in [-0.3, -0.25) is 9.80 Å². The Bertz CT molecular complexity index is 840. The van der Waals surface area contributed by atoms with Gasteiger partial charge in [-0.25, -0.2) is 9.97 Å². The van der Waals surface area contributed by atoms with Crippen molar-refractivity contribution in [2.45, 2.75) is 12.8 Å². The summed E-state index contributed by atoms with van der Waals surface area (Å²) in [5, 5.41) is 0.836. The summed E-state index contributed by atoms with van der Waals surface area (Å²) >= 11 is 0. The first kappa shape index (κ1) is 23.0. The Morgan fingerprint density at radius 2 is 1.44 bits per heavy atom. The Balaban J connectivity index is 1.33. The highest BCUT2D eigenvalue weighted by atomic mass is 16.5. The molecule has 0 unspecified atom stereocenters. The Labute approximate surface area is 189 Å². The van der Waals surface area contributed by atoms with Gasteiger partial charge in [0.05, 0.1) is 57.7 Å². The van der Waals surface area contributed by atoms with Crippen LogP contribution in [-0.2, 0) is 9.47 Å². The van der Waals surface area contributed by atoms with E-state index in [1.165, 1.54) is 6.33 Å². The van der Waals surface area contributed by atoms with Gasteiger partial charge in [-0.1, -0.05) is 0 Å². The molecule has 32 heavy (non-hydrogen) atoms. The molecule has 0 bridgehead atoms. The van der Waals surface area contributed by atoms with Gasteiger partial charge in [-0.2, -0.15) is 0 Å². The maximum absolute atomic E-state index is 6.07. The third-order valence-electron chi connectivity index (χ3n) is 5.83. The number of hydrogen-bond acceptors (Lipinski definition) is 9. The molecule has 3 heterocycles. The Hall–Kier alpha value is -2.20. The second-order valence-electron chi connectivity index (χ2n) is 8.01. The first-order valence-corrected chi connectivity index (χ1v) is 11.5. The van der Waals surface area contributed by atoms with Gasteiger partial charge in [-0.15, -0.1) is 0 Å². The first-order chi connectivity index (χ1) is 15.8. The summed E-state index contributed by atoms with van der Waals surface area (Å²) in [6.45, 7) is 10.4. The van der Waals surface area contributed by atoms with E-state index in [1.54, 1.807) is 7.11 Å². The largest absolute Gasteiger partial charge is 0.493 e. The van der Waals surface area contributed by atoms with Gasteiger partial charge >= 0.3 is 0 Å². The average Bonchev–Trinajstić information content (AvgIpc) is 2.85. The Kier molecular flexibility index (Phi) is 8.72. The van der Waals surface area contributed by atoms with Crippen LogP contribution in [0.4, 0.5) is 0 Å². The fraction of sp³-hybridized carbons (Fsp3) is 0.652. The predicted molar refractivity (Wildman–Crippen MR) is 121 cm³/mol. The van der Waals surface area contributed by atoms with E-state index in [0.29, 0.717) is 30.6 Å². The molecule has 0 aliphatic carbocycles. The van der Waals surface area contributed by atoms with Crippen molar-refractivity contribution >= 4 is 10.9 Å². The van der Waals surface area contributed by atoms with Gasteiger partial charge in [-0.05, 0) is 18.9 Å². The molecule has 0 radical (unpaired) electrons. The minimum Gasteiger partial charge on any atom is -0.493 e. The monoisotopic (exact) mass is 446 g/mol. The molecule has 0 amide bonds. The average molecular weight is 447 g/mol. The Morgan fingerprint density at radius 3 is 2.06 bits per heavy atom. The van der Waals surface area contributed by atoms with Crippen molar-refractivity contribution in [1.82, 2.24) is 19.8 Å². The molecule has 2 saturated heterocycles. The molecular formula is C23H34N4O5. The molecule has 4 rings (SSSR count). The van der Waals surface area contributed by atoms with Crippen LogP contribution < -0.4 is 14.2 Å². The number of benzene rings is 1. The van der Waals surface area contributed by atoms with Crippen LogP contribution >= 0.6 is 0 Å². The molecule has 9 nitrogen and oxygen atoms in total. The van der Waals surface area contributed by atoms with Crippen molar-refractivity contribution in [2.24, 2.45) is 0 Å². The van der Waals surface area contributed by atoms with Crippen LogP contribution in [0.25, 0.3) is 10.9 Å². The van der Waals surface area contributed by atoms with Crippen molar-refractivity contribution in [1.29, 1.82) is 0 Å². The molecule has 0 atom stereocenters. The van der Waals surface area contributed by atoms with Crippen LogP contribution in [0.3, 0.4) is 0 Å². The molecule has 2 fully saturated rings. The normalized spacial score (nSPS) is 18.0. The lowest BCUT2D eigenvalue weighted by Crippen LogP contribution is -2.37. The lowest BCUT2D eigenvalue weighted by atomic mass is 10.2. The van der Waals surface area contributed by atoms with Crippen LogP contribution in [-0.4, -0.2) is 106 Å². The van der Waals surface area contributed by atoms with Gasteiger partial charge in [0, 0.05) is 45.3 Å². The first-order valence-electron chi connectivity index (χ1n) is 11.5. The van der Waals surface area contributed by atoms with Gasteiger partial charge in [0.15, 0.2) is 11.5 Å². The van der Waals surface area contributed by atoms with E-state index in [-0.39, 0.29) is 0 Å². The van der Waals surface area contributed by atoms with Crippen LogP contribution in [0.15, 0.2) is 18.5 Å². The number of morpholine rings is 2. The lowest BCUT2D eigenvalue weighted by molar-refractivity contribution is 0.0357. The van der Waals surface area contributed by atoms with Crippen LogP contribution in [0, 0.1) is 0 Å². The summed E-state index contributed by atoms with van der Waals surface area (Å²) in [5.41, 5.74) is 0.778. The number of fused-ring (bicyclic) bond motifs is 1. The zero-order valence-corrected chi connectivity index (χ0v) is 19.0. The van der Waals surface area contributed by atoms with Crippen LogP contribution in [0.2, 0.25) is 0 Å². The Morgan fingerprint density at radius 1 is 0.812 bits per heavy atom. The number of rotatable bonds is 11. The molecule has 176 valence electrons. The maximum atomic E-state index is 6.07. The van der Waals surface area contributed by atoms with E-state index >= 15 is 0 Å². The molecule has 2 aliphatic rings. The molecule has 0 N–H and O–H groups in total. The molecule has 9 heteroatoms.